The lowest BCUT2D eigenvalue weighted by molar-refractivity contribution is 0.397. The van der Waals surface area contributed by atoms with E-state index in [0.29, 0.717) is 23.7 Å². The highest BCUT2D eigenvalue weighted by molar-refractivity contribution is 5.64. The molecule has 0 saturated carbocycles. The molecule has 0 radical (unpaired) electrons. The van der Waals surface area contributed by atoms with Crippen LogP contribution < -0.4 is 20.9 Å². The minimum absolute atomic E-state index is 0.538. The maximum absolute atomic E-state index is 5.83. The van der Waals surface area contributed by atoms with E-state index in [0.717, 1.165) is 18.4 Å². The topological polar surface area (TPSA) is 70.5 Å². The van der Waals surface area contributed by atoms with Crippen molar-refractivity contribution in [3.8, 4) is 11.5 Å². The number of nitrogen functional groups attached to an aromatic ring is 1. The largest absolute Gasteiger partial charge is 0.494 e. The van der Waals surface area contributed by atoms with Gasteiger partial charge in [0.1, 0.15) is 17.2 Å². The first-order valence-electron chi connectivity index (χ1n) is 4.93. The first kappa shape index (κ1) is 11.7. The number of nitrogens with two attached hydrogens (primary N) is 2. The summed E-state index contributed by atoms with van der Waals surface area (Å²) in [7, 11) is 3.19. The van der Waals surface area contributed by atoms with Crippen LogP contribution in [0.1, 0.15) is 12.0 Å². The molecule has 84 valence electrons. The van der Waals surface area contributed by atoms with Crippen molar-refractivity contribution in [1.82, 2.24) is 0 Å². The van der Waals surface area contributed by atoms with Crippen molar-refractivity contribution in [2.24, 2.45) is 5.73 Å². The highest BCUT2D eigenvalue weighted by atomic mass is 16.5. The molecule has 0 bridgehead atoms. The van der Waals surface area contributed by atoms with Crippen molar-refractivity contribution in [2.45, 2.75) is 12.8 Å². The maximum atomic E-state index is 5.83. The van der Waals surface area contributed by atoms with Gasteiger partial charge >= 0.3 is 0 Å². The van der Waals surface area contributed by atoms with E-state index in [9.17, 15) is 0 Å². The zero-order valence-electron chi connectivity index (χ0n) is 9.25. The third kappa shape index (κ3) is 2.76. The molecule has 0 unspecified atom stereocenters. The summed E-state index contributed by atoms with van der Waals surface area (Å²) in [5.74, 6) is 1.31. The molecule has 1 aromatic carbocycles. The van der Waals surface area contributed by atoms with E-state index >= 15 is 0 Å². The summed E-state index contributed by atoms with van der Waals surface area (Å²) < 4.78 is 10.3. The molecule has 0 aliphatic heterocycles. The molecule has 0 spiro atoms. The Morgan fingerprint density at radius 1 is 1.13 bits per heavy atom. The van der Waals surface area contributed by atoms with Crippen molar-refractivity contribution in [1.29, 1.82) is 0 Å². The number of hydrogen-bond donors (Lipinski definition) is 2. The normalized spacial score (nSPS) is 10.1. The van der Waals surface area contributed by atoms with Gasteiger partial charge in [-0.2, -0.15) is 0 Å². The molecule has 0 fully saturated rings. The van der Waals surface area contributed by atoms with Gasteiger partial charge < -0.3 is 20.9 Å². The lowest BCUT2D eigenvalue weighted by Gasteiger charge is -2.11. The summed E-state index contributed by atoms with van der Waals surface area (Å²) in [6, 6.07) is 3.85. The molecule has 0 aliphatic carbocycles. The first-order valence-corrected chi connectivity index (χ1v) is 4.93. The number of hydrogen-bond acceptors (Lipinski definition) is 4. The Labute approximate surface area is 90.2 Å². The molecule has 0 aliphatic rings. The predicted molar refractivity (Wildman–Crippen MR) is 61.3 cm³/mol. The van der Waals surface area contributed by atoms with Crippen molar-refractivity contribution >= 4 is 5.69 Å². The molecule has 0 heterocycles. The Morgan fingerprint density at radius 3 is 2.07 bits per heavy atom. The number of benzene rings is 1. The molecule has 1 aromatic rings. The molecule has 4 nitrogen and oxygen atoms in total. The Kier molecular flexibility index (Phi) is 4.24. The Morgan fingerprint density at radius 2 is 1.67 bits per heavy atom. The van der Waals surface area contributed by atoms with E-state index in [-0.39, 0.29) is 0 Å². The first-order chi connectivity index (χ1) is 7.22. The summed E-state index contributed by atoms with van der Waals surface area (Å²) in [5, 5.41) is 0. The van der Waals surface area contributed by atoms with Crippen LogP contribution in [0.5, 0.6) is 11.5 Å². The maximum Gasteiger partial charge on any atom is 0.145 e. The van der Waals surface area contributed by atoms with Gasteiger partial charge in [0.05, 0.1) is 14.2 Å². The number of rotatable bonds is 5. The monoisotopic (exact) mass is 210 g/mol. The quantitative estimate of drug-likeness (QED) is 0.716. The van der Waals surface area contributed by atoms with Gasteiger partial charge in [-0.1, -0.05) is 0 Å². The van der Waals surface area contributed by atoms with Crippen molar-refractivity contribution < 1.29 is 9.47 Å². The van der Waals surface area contributed by atoms with Gasteiger partial charge in [0.2, 0.25) is 0 Å². The van der Waals surface area contributed by atoms with E-state index in [1.54, 1.807) is 14.2 Å². The van der Waals surface area contributed by atoms with Crippen molar-refractivity contribution in [3.63, 3.8) is 0 Å². The number of ether oxygens (including phenoxy) is 2. The Hall–Kier alpha value is -1.42. The number of aryl methyl sites for hydroxylation is 1. The third-order valence-electron chi connectivity index (χ3n) is 2.27. The van der Waals surface area contributed by atoms with Crippen LogP contribution in [0, 0.1) is 0 Å². The fraction of sp³-hybridized carbons (Fsp3) is 0.455. The predicted octanol–water partition coefficient (Wildman–Crippen LogP) is 1.18. The van der Waals surface area contributed by atoms with Crippen LogP contribution in [-0.4, -0.2) is 20.8 Å². The lowest BCUT2D eigenvalue weighted by atomic mass is 10.1. The molecular formula is C11H18N2O2. The van der Waals surface area contributed by atoms with Crippen LogP contribution in [0.4, 0.5) is 5.69 Å². The molecule has 4 heteroatoms. The highest BCUT2D eigenvalue weighted by Crippen LogP contribution is 2.33. The zero-order chi connectivity index (χ0) is 11.3. The van der Waals surface area contributed by atoms with Gasteiger partial charge in [0.25, 0.3) is 0 Å². The number of anilines is 1. The summed E-state index contributed by atoms with van der Waals surface area (Å²) in [4.78, 5) is 0. The second-order valence-electron chi connectivity index (χ2n) is 3.31. The summed E-state index contributed by atoms with van der Waals surface area (Å²) in [5.41, 5.74) is 13.0. The lowest BCUT2D eigenvalue weighted by Crippen LogP contribution is -2.02. The van der Waals surface area contributed by atoms with Gasteiger partial charge in [-0.25, -0.2) is 0 Å². The van der Waals surface area contributed by atoms with Crippen LogP contribution in [0.25, 0.3) is 0 Å². The minimum atomic E-state index is 0.538. The van der Waals surface area contributed by atoms with E-state index in [4.69, 9.17) is 20.9 Å². The van der Waals surface area contributed by atoms with Crippen LogP contribution in [-0.2, 0) is 6.42 Å². The fourth-order valence-electron chi connectivity index (χ4n) is 1.44. The van der Waals surface area contributed by atoms with Crippen LogP contribution in [0.15, 0.2) is 12.1 Å². The van der Waals surface area contributed by atoms with E-state index in [1.807, 2.05) is 12.1 Å². The van der Waals surface area contributed by atoms with Crippen LogP contribution in [0.2, 0.25) is 0 Å². The van der Waals surface area contributed by atoms with Gasteiger partial charge in [-0.15, -0.1) is 0 Å². The smallest absolute Gasteiger partial charge is 0.145 e. The summed E-state index contributed by atoms with van der Waals surface area (Å²) >= 11 is 0. The second-order valence-corrected chi connectivity index (χ2v) is 3.31. The fourth-order valence-corrected chi connectivity index (χ4v) is 1.44. The third-order valence-corrected chi connectivity index (χ3v) is 2.27. The van der Waals surface area contributed by atoms with Crippen LogP contribution >= 0.6 is 0 Å². The highest BCUT2D eigenvalue weighted by Gasteiger charge is 2.08. The molecule has 1 rings (SSSR count). The van der Waals surface area contributed by atoms with Crippen molar-refractivity contribution in [2.75, 3.05) is 26.5 Å². The molecule has 0 saturated heterocycles. The molecular weight excluding hydrogens is 192 g/mol. The number of methoxy groups -OCH3 is 2. The standard InChI is InChI=1S/C11H18N2O2/c1-14-9-6-8(4-3-5-12)7-10(15-2)11(9)13/h6-7H,3-5,12-13H2,1-2H3. The van der Waals surface area contributed by atoms with E-state index in [1.165, 1.54) is 0 Å². The van der Waals surface area contributed by atoms with Gasteiger partial charge in [0.15, 0.2) is 0 Å². The second kappa shape index (κ2) is 5.46. The molecule has 0 aromatic heterocycles. The molecule has 15 heavy (non-hydrogen) atoms. The summed E-state index contributed by atoms with van der Waals surface area (Å²) in [6.45, 7) is 0.676. The minimum Gasteiger partial charge on any atom is -0.494 e. The SMILES string of the molecule is COc1cc(CCCN)cc(OC)c1N. The van der Waals surface area contributed by atoms with Gasteiger partial charge in [0, 0.05) is 0 Å². The average Bonchev–Trinajstić information content (AvgIpc) is 2.27. The van der Waals surface area contributed by atoms with Gasteiger partial charge in [-0.05, 0) is 37.1 Å². The Bertz CT molecular complexity index is 301. The van der Waals surface area contributed by atoms with Gasteiger partial charge in [-0.3, -0.25) is 0 Å². The Balaban J connectivity index is 2.98. The van der Waals surface area contributed by atoms with E-state index in [2.05, 4.69) is 0 Å². The molecule has 4 N–H and O–H groups in total. The summed E-state index contributed by atoms with van der Waals surface area (Å²) in [6.07, 6.45) is 1.85. The zero-order valence-corrected chi connectivity index (χ0v) is 9.25. The average molecular weight is 210 g/mol. The molecule has 0 atom stereocenters. The van der Waals surface area contributed by atoms with E-state index < -0.39 is 0 Å². The van der Waals surface area contributed by atoms with Crippen LogP contribution in [0.3, 0.4) is 0 Å². The van der Waals surface area contributed by atoms with Crippen molar-refractivity contribution in [3.05, 3.63) is 17.7 Å². The molecule has 0 amide bonds.